The van der Waals surface area contributed by atoms with Gasteiger partial charge in [-0.1, -0.05) is 33.6 Å². The summed E-state index contributed by atoms with van der Waals surface area (Å²) in [7, 11) is 0. The van der Waals surface area contributed by atoms with Crippen molar-refractivity contribution in [3.05, 3.63) is 93.5 Å². The Labute approximate surface area is 189 Å². The van der Waals surface area contributed by atoms with Gasteiger partial charge in [0.15, 0.2) is 11.5 Å². The number of nitrogens with one attached hydrogen (secondary N) is 1. The molecule has 0 saturated heterocycles. The van der Waals surface area contributed by atoms with Crippen LogP contribution in [0.4, 0.5) is 0 Å². The van der Waals surface area contributed by atoms with Crippen molar-refractivity contribution in [2.24, 2.45) is 5.10 Å². The van der Waals surface area contributed by atoms with Gasteiger partial charge < -0.3 is 9.47 Å². The number of carbonyl (C=O) groups is 2. The van der Waals surface area contributed by atoms with Gasteiger partial charge in [-0.15, -0.1) is 0 Å². The van der Waals surface area contributed by atoms with Crippen LogP contribution in [0.1, 0.15) is 38.8 Å². The van der Waals surface area contributed by atoms with Crippen molar-refractivity contribution in [1.82, 2.24) is 5.43 Å². The van der Waals surface area contributed by atoms with Crippen molar-refractivity contribution in [1.29, 1.82) is 0 Å². The van der Waals surface area contributed by atoms with Crippen LogP contribution in [0.5, 0.6) is 11.5 Å². The number of hydrogen-bond acceptors (Lipinski definition) is 5. The fourth-order valence-corrected chi connectivity index (χ4v) is 2.90. The molecule has 1 amide bonds. The third-order valence-corrected chi connectivity index (χ3v) is 4.77. The van der Waals surface area contributed by atoms with Crippen LogP contribution in [-0.4, -0.2) is 24.7 Å². The number of amides is 1. The van der Waals surface area contributed by atoms with E-state index in [1.807, 2.05) is 26.0 Å². The monoisotopic (exact) mass is 480 g/mol. The highest BCUT2D eigenvalue weighted by Crippen LogP contribution is 2.29. The summed E-state index contributed by atoms with van der Waals surface area (Å²) < 4.78 is 12.0. The molecule has 0 atom stereocenters. The van der Waals surface area contributed by atoms with Gasteiger partial charge in [0.1, 0.15) is 0 Å². The first kappa shape index (κ1) is 22.2. The smallest absolute Gasteiger partial charge is 0.343 e. The van der Waals surface area contributed by atoms with E-state index in [4.69, 9.17) is 9.47 Å². The van der Waals surface area contributed by atoms with Gasteiger partial charge in [0.2, 0.25) is 0 Å². The summed E-state index contributed by atoms with van der Waals surface area (Å²) in [5, 5.41) is 3.99. The molecule has 1 N–H and O–H groups in total. The zero-order valence-electron chi connectivity index (χ0n) is 17.1. The second-order valence-electron chi connectivity index (χ2n) is 6.60. The molecule has 0 aliphatic carbocycles. The average molecular weight is 481 g/mol. The molecule has 3 rings (SSSR count). The largest absolute Gasteiger partial charge is 0.490 e. The Morgan fingerprint density at radius 2 is 1.65 bits per heavy atom. The van der Waals surface area contributed by atoms with Crippen molar-refractivity contribution in [3.63, 3.8) is 0 Å². The Kier molecular flexibility index (Phi) is 7.56. The van der Waals surface area contributed by atoms with Crippen LogP contribution in [0.25, 0.3) is 0 Å². The van der Waals surface area contributed by atoms with E-state index in [1.54, 1.807) is 54.6 Å². The maximum Gasteiger partial charge on any atom is 0.343 e. The van der Waals surface area contributed by atoms with Crippen LogP contribution < -0.4 is 14.9 Å². The van der Waals surface area contributed by atoms with Crippen molar-refractivity contribution < 1.29 is 19.1 Å². The molecule has 0 unspecified atom stereocenters. The normalized spacial score (nSPS) is 10.7. The van der Waals surface area contributed by atoms with E-state index < -0.39 is 5.97 Å². The summed E-state index contributed by atoms with van der Waals surface area (Å²) in [5.41, 5.74) is 5.16. The lowest BCUT2D eigenvalue weighted by Crippen LogP contribution is -2.17. The molecule has 0 fully saturated rings. The molecule has 0 spiro atoms. The molecule has 6 nitrogen and oxygen atoms in total. The van der Waals surface area contributed by atoms with Crippen molar-refractivity contribution in [2.45, 2.75) is 13.8 Å². The van der Waals surface area contributed by atoms with Crippen LogP contribution in [-0.2, 0) is 0 Å². The Hall–Kier alpha value is -3.45. The summed E-state index contributed by atoms with van der Waals surface area (Å²) in [6.07, 6.45) is 1.49. The standard InChI is InChI=1S/C24H21BrN2O4/c1-3-30-22-14-17(15-26-27-23(28)18-9-11-20(25)12-10-18)6-13-21(22)31-24(29)19-7-4-16(2)5-8-19/h4-15H,3H2,1-2H3,(H,27,28)/b26-15+. The maximum atomic E-state index is 12.4. The molecule has 3 aromatic carbocycles. The Balaban J connectivity index is 1.69. The van der Waals surface area contributed by atoms with E-state index in [0.717, 1.165) is 10.0 Å². The van der Waals surface area contributed by atoms with Gasteiger partial charge >= 0.3 is 5.97 Å². The Bertz CT molecular complexity index is 1090. The summed E-state index contributed by atoms with van der Waals surface area (Å²) >= 11 is 3.33. The van der Waals surface area contributed by atoms with E-state index in [-0.39, 0.29) is 5.91 Å². The number of halogens is 1. The quantitative estimate of drug-likeness (QED) is 0.220. The van der Waals surface area contributed by atoms with E-state index >= 15 is 0 Å². The number of ether oxygens (including phenoxy) is 2. The summed E-state index contributed by atoms with van der Waals surface area (Å²) in [4.78, 5) is 24.5. The number of benzene rings is 3. The van der Waals surface area contributed by atoms with Gasteiger partial charge in [-0.05, 0) is 74.0 Å². The highest BCUT2D eigenvalue weighted by Gasteiger charge is 2.13. The maximum absolute atomic E-state index is 12.4. The first-order chi connectivity index (χ1) is 15.0. The summed E-state index contributed by atoms with van der Waals surface area (Å²) in [6, 6.07) is 19.1. The first-order valence-corrected chi connectivity index (χ1v) is 10.4. The molecule has 31 heavy (non-hydrogen) atoms. The van der Waals surface area contributed by atoms with Crippen LogP contribution >= 0.6 is 15.9 Å². The van der Waals surface area contributed by atoms with Gasteiger partial charge in [-0.2, -0.15) is 5.10 Å². The SMILES string of the molecule is CCOc1cc(/C=N/NC(=O)c2ccc(Br)cc2)ccc1OC(=O)c1ccc(C)cc1. The van der Waals surface area contributed by atoms with Gasteiger partial charge in [-0.25, -0.2) is 10.2 Å². The molecule has 0 radical (unpaired) electrons. The fraction of sp³-hybridized carbons (Fsp3) is 0.125. The van der Waals surface area contributed by atoms with Gasteiger partial charge in [0.05, 0.1) is 18.4 Å². The summed E-state index contributed by atoms with van der Waals surface area (Å²) in [6.45, 7) is 4.19. The number of hydrogen-bond donors (Lipinski definition) is 1. The number of aryl methyl sites for hydroxylation is 1. The van der Waals surface area contributed by atoms with Crippen LogP contribution in [0.3, 0.4) is 0 Å². The number of esters is 1. The van der Waals surface area contributed by atoms with E-state index in [9.17, 15) is 9.59 Å². The molecular formula is C24H21BrN2O4. The van der Waals surface area contributed by atoms with Gasteiger partial charge in [-0.3, -0.25) is 4.79 Å². The topological polar surface area (TPSA) is 77.0 Å². The molecule has 0 bridgehead atoms. The minimum Gasteiger partial charge on any atom is -0.490 e. The van der Waals surface area contributed by atoms with Crippen molar-refractivity contribution in [2.75, 3.05) is 6.61 Å². The molecule has 0 heterocycles. The molecule has 0 saturated carbocycles. The molecule has 158 valence electrons. The van der Waals surface area contributed by atoms with E-state index in [2.05, 4.69) is 26.5 Å². The summed E-state index contributed by atoms with van der Waals surface area (Å²) in [5.74, 6) is -0.0730. The lowest BCUT2D eigenvalue weighted by atomic mass is 10.1. The van der Waals surface area contributed by atoms with Gasteiger partial charge in [0, 0.05) is 10.0 Å². The van der Waals surface area contributed by atoms with E-state index in [0.29, 0.717) is 34.8 Å². The number of nitrogens with zero attached hydrogens (tertiary/aromatic N) is 1. The molecule has 7 heteroatoms. The zero-order valence-corrected chi connectivity index (χ0v) is 18.7. The molecule has 0 aliphatic heterocycles. The van der Waals surface area contributed by atoms with Crippen LogP contribution in [0.15, 0.2) is 76.3 Å². The molecule has 3 aromatic rings. The third-order valence-electron chi connectivity index (χ3n) is 4.24. The van der Waals surface area contributed by atoms with Crippen molar-refractivity contribution in [3.8, 4) is 11.5 Å². The molecule has 0 aromatic heterocycles. The number of rotatable bonds is 7. The molecular weight excluding hydrogens is 460 g/mol. The van der Waals surface area contributed by atoms with Gasteiger partial charge in [0.25, 0.3) is 5.91 Å². The highest BCUT2D eigenvalue weighted by atomic mass is 79.9. The van der Waals surface area contributed by atoms with E-state index in [1.165, 1.54) is 6.21 Å². The second-order valence-corrected chi connectivity index (χ2v) is 7.52. The predicted molar refractivity (Wildman–Crippen MR) is 123 cm³/mol. The minimum atomic E-state index is -0.468. The third kappa shape index (κ3) is 6.26. The first-order valence-electron chi connectivity index (χ1n) is 9.61. The fourth-order valence-electron chi connectivity index (χ4n) is 2.64. The Morgan fingerprint density at radius 1 is 0.968 bits per heavy atom. The Morgan fingerprint density at radius 3 is 2.32 bits per heavy atom. The molecule has 0 aliphatic rings. The lowest BCUT2D eigenvalue weighted by molar-refractivity contribution is 0.0728. The van der Waals surface area contributed by atoms with Crippen LogP contribution in [0.2, 0.25) is 0 Å². The predicted octanol–water partition coefficient (Wildman–Crippen LogP) is 5.14. The zero-order chi connectivity index (χ0) is 22.2. The average Bonchev–Trinajstić information content (AvgIpc) is 2.76. The van der Waals surface area contributed by atoms with Crippen LogP contribution in [0, 0.1) is 6.92 Å². The van der Waals surface area contributed by atoms with Crippen molar-refractivity contribution >= 4 is 34.0 Å². The highest BCUT2D eigenvalue weighted by molar-refractivity contribution is 9.10. The minimum absolute atomic E-state index is 0.309. The number of hydrazone groups is 1. The lowest BCUT2D eigenvalue weighted by Gasteiger charge is -2.11. The second kappa shape index (κ2) is 10.5. The number of carbonyl (C=O) groups excluding carboxylic acids is 2.